The van der Waals surface area contributed by atoms with Gasteiger partial charge >= 0.3 is 0 Å². The van der Waals surface area contributed by atoms with Crippen molar-refractivity contribution in [3.63, 3.8) is 0 Å². The number of imide groups is 1. The smallest absolute Gasteiger partial charge is 0.282 e. The number of hydrogen-bond acceptors (Lipinski definition) is 4. The van der Waals surface area contributed by atoms with Crippen LogP contribution in [0.15, 0.2) is 90.6 Å². The molecule has 0 spiro atoms. The summed E-state index contributed by atoms with van der Waals surface area (Å²) in [7, 11) is 0. The average Bonchev–Trinajstić information content (AvgIpc) is 2.99. The first-order valence-corrected chi connectivity index (χ1v) is 9.82. The molecule has 1 heterocycles. The third-order valence-corrected chi connectivity index (χ3v) is 4.66. The second kappa shape index (κ2) is 8.25. The van der Waals surface area contributed by atoms with Crippen molar-refractivity contribution in [1.29, 1.82) is 0 Å². The van der Waals surface area contributed by atoms with Crippen LogP contribution >= 0.6 is 0 Å². The number of ether oxygens (including phenoxy) is 1. The Kier molecular flexibility index (Phi) is 5.35. The van der Waals surface area contributed by atoms with Gasteiger partial charge in [0.2, 0.25) is 0 Å². The maximum Gasteiger partial charge on any atom is 0.282 e. The second-order valence-electron chi connectivity index (χ2n) is 7.21. The maximum atomic E-state index is 13.4. The van der Waals surface area contributed by atoms with Crippen molar-refractivity contribution in [3.05, 3.63) is 96.2 Å². The van der Waals surface area contributed by atoms with Gasteiger partial charge in [0, 0.05) is 5.69 Å². The molecule has 30 heavy (non-hydrogen) atoms. The molecule has 0 atom stereocenters. The number of carbonyl (C=O) groups is 2. The minimum Gasteiger partial charge on any atom is -0.491 e. The first-order valence-electron chi connectivity index (χ1n) is 9.82. The maximum absolute atomic E-state index is 13.4. The molecule has 1 aliphatic heterocycles. The number of benzene rings is 3. The van der Waals surface area contributed by atoms with Crippen LogP contribution in [0, 0.1) is 0 Å². The number of rotatable bonds is 6. The van der Waals surface area contributed by atoms with Gasteiger partial charge < -0.3 is 10.1 Å². The fourth-order valence-corrected chi connectivity index (χ4v) is 3.36. The molecule has 150 valence electrons. The number of hydrogen-bond donors (Lipinski definition) is 1. The number of nitrogens with zero attached hydrogens (tertiary/aromatic N) is 1. The lowest BCUT2D eigenvalue weighted by atomic mass is 10.0. The van der Waals surface area contributed by atoms with E-state index in [9.17, 15) is 9.59 Å². The fraction of sp³-hybridized carbons (Fsp3) is 0.120. The Morgan fingerprint density at radius 2 is 1.37 bits per heavy atom. The molecule has 0 bridgehead atoms. The molecule has 4 rings (SSSR count). The van der Waals surface area contributed by atoms with Crippen LogP contribution in [0.2, 0.25) is 0 Å². The van der Waals surface area contributed by atoms with Crippen LogP contribution in [0.5, 0.6) is 5.75 Å². The molecule has 5 heteroatoms. The van der Waals surface area contributed by atoms with Crippen LogP contribution in [0.4, 0.5) is 11.4 Å². The Hall–Kier alpha value is -3.86. The molecule has 0 saturated heterocycles. The predicted molar refractivity (Wildman–Crippen MR) is 118 cm³/mol. The summed E-state index contributed by atoms with van der Waals surface area (Å²) in [4.78, 5) is 27.9. The van der Waals surface area contributed by atoms with Crippen molar-refractivity contribution >= 4 is 28.8 Å². The Labute approximate surface area is 175 Å². The molecule has 3 aromatic rings. The molecular formula is C25H22N2O3. The van der Waals surface area contributed by atoms with Gasteiger partial charge in [-0.25, -0.2) is 4.90 Å². The van der Waals surface area contributed by atoms with Gasteiger partial charge in [0.25, 0.3) is 11.8 Å². The van der Waals surface area contributed by atoms with Gasteiger partial charge in [-0.1, -0.05) is 48.5 Å². The average molecular weight is 398 g/mol. The second-order valence-corrected chi connectivity index (χ2v) is 7.21. The minimum atomic E-state index is -0.389. The Morgan fingerprint density at radius 1 is 0.767 bits per heavy atom. The van der Waals surface area contributed by atoms with Crippen molar-refractivity contribution in [2.75, 3.05) is 10.2 Å². The lowest BCUT2D eigenvalue weighted by Gasteiger charge is -2.16. The first kappa shape index (κ1) is 19.5. The van der Waals surface area contributed by atoms with E-state index in [2.05, 4.69) is 5.32 Å². The standard InChI is InChI=1S/C25H22N2O3/c1-17(2)30-21-15-13-20(14-16-21)27-24(28)22(18-9-5-3-6-10-18)23(25(27)29)26-19-11-7-4-8-12-19/h3-17,26H,1-2H3. The molecule has 1 aliphatic rings. The summed E-state index contributed by atoms with van der Waals surface area (Å²) in [6.07, 6.45) is 0.0407. The van der Waals surface area contributed by atoms with Crippen molar-refractivity contribution in [2.45, 2.75) is 20.0 Å². The van der Waals surface area contributed by atoms with Gasteiger partial charge in [-0.3, -0.25) is 9.59 Å². The summed E-state index contributed by atoms with van der Waals surface area (Å²) in [5.41, 5.74) is 2.55. The number of para-hydroxylation sites is 1. The highest BCUT2D eigenvalue weighted by Gasteiger charge is 2.40. The van der Waals surface area contributed by atoms with E-state index in [-0.39, 0.29) is 23.6 Å². The van der Waals surface area contributed by atoms with E-state index in [0.29, 0.717) is 22.6 Å². The zero-order chi connectivity index (χ0) is 21.1. The fourth-order valence-electron chi connectivity index (χ4n) is 3.36. The van der Waals surface area contributed by atoms with Gasteiger partial charge in [-0.05, 0) is 55.8 Å². The summed E-state index contributed by atoms with van der Waals surface area (Å²) in [6, 6.07) is 25.6. The molecular weight excluding hydrogens is 376 g/mol. The highest BCUT2D eigenvalue weighted by molar-refractivity contribution is 6.46. The number of carbonyl (C=O) groups excluding carboxylic acids is 2. The van der Waals surface area contributed by atoms with Crippen LogP contribution in [0.3, 0.4) is 0 Å². The quantitative estimate of drug-likeness (QED) is 0.602. The summed E-state index contributed by atoms with van der Waals surface area (Å²) >= 11 is 0. The molecule has 5 nitrogen and oxygen atoms in total. The number of nitrogens with one attached hydrogen (secondary N) is 1. The van der Waals surface area contributed by atoms with Crippen molar-refractivity contribution in [1.82, 2.24) is 0 Å². The van der Waals surface area contributed by atoms with Crippen molar-refractivity contribution in [2.24, 2.45) is 0 Å². The number of amides is 2. The van der Waals surface area contributed by atoms with Crippen molar-refractivity contribution < 1.29 is 14.3 Å². The Bertz CT molecular complexity index is 1090. The highest BCUT2D eigenvalue weighted by Crippen LogP contribution is 2.34. The van der Waals surface area contributed by atoms with Crippen LogP contribution in [-0.2, 0) is 9.59 Å². The molecule has 0 unspecified atom stereocenters. The first-order chi connectivity index (χ1) is 14.5. The Morgan fingerprint density at radius 3 is 1.97 bits per heavy atom. The summed E-state index contributed by atoms with van der Waals surface area (Å²) in [5.74, 6) is -0.0610. The molecule has 2 amide bonds. The summed E-state index contributed by atoms with van der Waals surface area (Å²) < 4.78 is 5.66. The largest absolute Gasteiger partial charge is 0.491 e. The van der Waals surface area contributed by atoms with Gasteiger partial charge in [0.05, 0.1) is 17.4 Å². The molecule has 0 aliphatic carbocycles. The van der Waals surface area contributed by atoms with E-state index in [1.54, 1.807) is 24.3 Å². The van der Waals surface area contributed by atoms with Gasteiger partial charge in [-0.2, -0.15) is 0 Å². The van der Waals surface area contributed by atoms with Crippen LogP contribution in [0.25, 0.3) is 5.57 Å². The zero-order valence-electron chi connectivity index (χ0n) is 16.8. The van der Waals surface area contributed by atoms with Crippen LogP contribution < -0.4 is 15.0 Å². The van der Waals surface area contributed by atoms with Crippen LogP contribution in [-0.4, -0.2) is 17.9 Å². The normalized spacial score (nSPS) is 13.9. The lowest BCUT2D eigenvalue weighted by Crippen LogP contribution is -2.32. The molecule has 3 aromatic carbocycles. The monoisotopic (exact) mass is 398 g/mol. The van der Waals surface area contributed by atoms with E-state index in [1.807, 2.05) is 74.5 Å². The van der Waals surface area contributed by atoms with E-state index in [0.717, 1.165) is 5.69 Å². The topological polar surface area (TPSA) is 58.6 Å². The van der Waals surface area contributed by atoms with Crippen molar-refractivity contribution in [3.8, 4) is 5.75 Å². The van der Waals surface area contributed by atoms with E-state index >= 15 is 0 Å². The third-order valence-electron chi connectivity index (χ3n) is 4.66. The van der Waals surface area contributed by atoms with E-state index in [1.165, 1.54) is 4.90 Å². The predicted octanol–water partition coefficient (Wildman–Crippen LogP) is 4.87. The SMILES string of the molecule is CC(C)Oc1ccc(N2C(=O)C(Nc3ccccc3)=C(c3ccccc3)C2=O)cc1. The number of anilines is 2. The molecule has 0 radical (unpaired) electrons. The minimum absolute atomic E-state index is 0.0407. The van der Waals surface area contributed by atoms with E-state index in [4.69, 9.17) is 4.74 Å². The summed E-state index contributed by atoms with van der Waals surface area (Å²) in [5, 5.41) is 3.15. The molecule has 0 aromatic heterocycles. The molecule has 0 saturated carbocycles. The zero-order valence-corrected chi connectivity index (χ0v) is 16.8. The van der Waals surface area contributed by atoms with Gasteiger partial charge in [0.15, 0.2) is 0 Å². The lowest BCUT2D eigenvalue weighted by molar-refractivity contribution is -0.120. The van der Waals surface area contributed by atoms with Gasteiger partial charge in [0.1, 0.15) is 11.4 Å². The molecule has 1 N–H and O–H groups in total. The van der Waals surface area contributed by atoms with Gasteiger partial charge in [-0.15, -0.1) is 0 Å². The Balaban J connectivity index is 1.72. The molecule has 0 fully saturated rings. The van der Waals surface area contributed by atoms with Crippen LogP contribution in [0.1, 0.15) is 19.4 Å². The highest BCUT2D eigenvalue weighted by atomic mass is 16.5. The summed E-state index contributed by atoms with van der Waals surface area (Å²) in [6.45, 7) is 3.89. The third kappa shape index (κ3) is 3.82. The van der Waals surface area contributed by atoms with E-state index < -0.39 is 0 Å².